The number of nitrogens with one attached hydrogen (secondary N) is 1. The molecule has 1 N–H and O–H groups in total. The molecule has 0 aliphatic carbocycles. The maximum atomic E-state index is 13.7. The Hall–Kier alpha value is -2.57. The Labute approximate surface area is 136 Å². The predicted octanol–water partition coefficient (Wildman–Crippen LogP) is 4.45. The average molecular weight is 341 g/mol. The molecule has 2 aromatic rings. The van der Waals surface area contributed by atoms with E-state index in [9.17, 15) is 22.4 Å². The van der Waals surface area contributed by atoms with Crippen molar-refractivity contribution in [3.63, 3.8) is 0 Å². The van der Waals surface area contributed by atoms with Gasteiger partial charge in [0.2, 0.25) is 0 Å². The van der Waals surface area contributed by atoms with Gasteiger partial charge in [0, 0.05) is 11.6 Å². The van der Waals surface area contributed by atoms with E-state index < -0.39 is 30.2 Å². The minimum Gasteiger partial charge on any atom is -0.434 e. The molecule has 0 heterocycles. The van der Waals surface area contributed by atoms with Crippen LogP contribution in [0.25, 0.3) is 0 Å². The number of carbonyl (C=O) groups excluding carboxylic acids is 1. The molecule has 7 heteroatoms. The standard InChI is InChI=1S/C17H15F4NO2/c1-2-14(12-5-3-4-6-15(12)24-17(20)21)22-16(23)11-8-7-10(18)9-13(11)19/h3-9,14,17H,2H2,1H3,(H,22,23)/t14-/m1/s1. The molecule has 0 fully saturated rings. The van der Waals surface area contributed by atoms with Gasteiger partial charge in [-0.05, 0) is 24.6 Å². The number of rotatable bonds is 6. The van der Waals surface area contributed by atoms with Gasteiger partial charge in [-0.15, -0.1) is 0 Å². The second-order valence-corrected chi connectivity index (χ2v) is 4.97. The van der Waals surface area contributed by atoms with Gasteiger partial charge in [0.05, 0.1) is 11.6 Å². The second-order valence-electron chi connectivity index (χ2n) is 4.97. The molecule has 0 aliphatic rings. The Morgan fingerprint density at radius 1 is 1.17 bits per heavy atom. The quantitative estimate of drug-likeness (QED) is 0.789. The molecule has 2 rings (SSSR count). The molecule has 1 atom stereocenters. The SMILES string of the molecule is CC[C@@H](NC(=O)c1ccc(F)cc1F)c1ccccc1OC(F)F. The fraction of sp³-hybridized carbons (Fsp3) is 0.235. The van der Waals surface area contributed by atoms with E-state index in [4.69, 9.17) is 0 Å². The van der Waals surface area contributed by atoms with Crippen LogP contribution in [0, 0.1) is 11.6 Å². The molecule has 3 nitrogen and oxygen atoms in total. The van der Waals surface area contributed by atoms with E-state index >= 15 is 0 Å². The Bertz CT molecular complexity index is 721. The van der Waals surface area contributed by atoms with Crippen LogP contribution in [0.5, 0.6) is 5.75 Å². The first kappa shape index (κ1) is 17.8. The highest BCUT2D eigenvalue weighted by molar-refractivity contribution is 5.94. The van der Waals surface area contributed by atoms with Crippen molar-refractivity contribution in [3.8, 4) is 5.75 Å². The van der Waals surface area contributed by atoms with Gasteiger partial charge in [0.25, 0.3) is 5.91 Å². The largest absolute Gasteiger partial charge is 0.434 e. The zero-order valence-electron chi connectivity index (χ0n) is 12.7. The first-order valence-corrected chi connectivity index (χ1v) is 7.22. The molecule has 0 unspecified atom stereocenters. The summed E-state index contributed by atoms with van der Waals surface area (Å²) in [6.07, 6.45) is 0.359. The summed E-state index contributed by atoms with van der Waals surface area (Å²) in [5.74, 6) is -2.64. The van der Waals surface area contributed by atoms with Crippen LogP contribution >= 0.6 is 0 Å². The Morgan fingerprint density at radius 2 is 1.88 bits per heavy atom. The Balaban J connectivity index is 2.25. The van der Waals surface area contributed by atoms with Crippen LogP contribution in [-0.2, 0) is 0 Å². The maximum absolute atomic E-state index is 13.7. The first-order valence-electron chi connectivity index (χ1n) is 7.22. The molecular formula is C17H15F4NO2. The van der Waals surface area contributed by atoms with Crippen LogP contribution in [0.3, 0.4) is 0 Å². The number of hydrogen-bond donors (Lipinski definition) is 1. The smallest absolute Gasteiger partial charge is 0.387 e. The van der Waals surface area contributed by atoms with Crippen molar-refractivity contribution in [3.05, 3.63) is 65.2 Å². The normalized spacial score (nSPS) is 12.1. The highest BCUT2D eigenvalue weighted by Crippen LogP contribution is 2.28. The molecule has 2 aromatic carbocycles. The van der Waals surface area contributed by atoms with Gasteiger partial charge >= 0.3 is 6.61 Å². The van der Waals surface area contributed by atoms with Gasteiger partial charge in [0.1, 0.15) is 17.4 Å². The van der Waals surface area contributed by atoms with E-state index in [0.29, 0.717) is 18.1 Å². The van der Waals surface area contributed by atoms with Crippen molar-refractivity contribution in [1.82, 2.24) is 5.32 Å². The number of benzene rings is 2. The zero-order valence-corrected chi connectivity index (χ0v) is 12.7. The van der Waals surface area contributed by atoms with Gasteiger partial charge in [0.15, 0.2) is 0 Å². The highest BCUT2D eigenvalue weighted by Gasteiger charge is 2.21. The van der Waals surface area contributed by atoms with Crippen molar-refractivity contribution in [2.24, 2.45) is 0 Å². The minimum atomic E-state index is -3.01. The molecule has 0 bridgehead atoms. The molecular weight excluding hydrogens is 326 g/mol. The van der Waals surface area contributed by atoms with Crippen molar-refractivity contribution in [1.29, 1.82) is 0 Å². The molecule has 1 amide bonds. The Kier molecular flexibility index (Phi) is 5.78. The number of halogens is 4. The lowest BCUT2D eigenvalue weighted by Crippen LogP contribution is -2.29. The number of amides is 1. The summed E-state index contributed by atoms with van der Waals surface area (Å²) >= 11 is 0. The average Bonchev–Trinajstić information content (AvgIpc) is 2.52. The summed E-state index contributed by atoms with van der Waals surface area (Å²) in [6.45, 7) is -1.28. The van der Waals surface area contributed by atoms with Crippen LogP contribution in [0.2, 0.25) is 0 Å². The lowest BCUT2D eigenvalue weighted by Gasteiger charge is -2.20. The second kappa shape index (κ2) is 7.81. The monoisotopic (exact) mass is 341 g/mol. The summed E-state index contributed by atoms with van der Waals surface area (Å²) in [5, 5.41) is 2.55. The van der Waals surface area contributed by atoms with Crippen molar-refractivity contribution in [2.75, 3.05) is 0 Å². The van der Waals surface area contributed by atoms with Crippen molar-refractivity contribution >= 4 is 5.91 Å². The zero-order chi connectivity index (χ0) is 17.7. The summed E-state index contributed by atoms with van der Waals surface area (Å²) in [6, 6.07) is 7.94. The lowest BCUT2D eigenvalue weighted by molar-refractivity contribution is -0.0506. The van der Waals surface area contributed by atoms with Crippen LogP contribution in [0.1, 0.15) is 35.3 Å². The van der Waals surface area contributed by atoms with Crippen LogP contribution in [0.4, 0.5) is 17.6 Å². The fourth-order valence-electron chi connectivity index (χ4n) is 2.28. The minimum absolute atomic E-state index is 0.0702. The molecule has 0 spiro atoms. The molecule has 24 heavy (non-hydrogen) atoms. The molecule has 0 saturated carbocycles. The molecule has 128 valence electrons. The maximum Gasteiger partial charge on any atom is 0.387 e. The van der Waals surface area contributed by atoms with E-state index in [0.717, 1.165) is 12.1 Å². The topological polar surface area (TPSA) is 38.3 Å². The van der Waals surface area contributed by atoms with Crippen LogP contribution < -0.4 is 10.1 Å². The fourth-order valence-corrected chi connectivity index (χ4v) is 2.28. The van der Waals surface area contributed by atoms with Gasteiger partial charge in [-0.2, -0.15) is 8.78 Å². The van der Waals surface area contributed by atoms with Crippen LogP contribution in [-0.4, -0.2) is 12.5 Å². The van der Waals surface area contributed by atoms with Crippen molar-refractivity contribution in [2.45, 2.75) is 26.0 Å². The molecule has 0 saturated heterocycles. The van der Waals surface area contributed by atoms with E-state index in [1.54, 1.807) is 13.0 Å². The molecule has 0 aliphatic heterocycles. The van der Waals surface area contributed by atoms with Gasteiger partial charge in [-0.3, -0.25) is 4.79 Å². The number of hydrogen-bond acceptors (Lipinski definition) is 2. The van der Waals surface area contributed by atoms with Gasteiger partial charge in [-0.1, -0.05) is 25.1 Å². The molecule has 0 radical (unpaired) electrons. The number of ether oxygens (including phenoxy) is 1. The van der Waals surface area contributed by atoms with E-state index in [-0.39, 0.29) is 11.3 Å². The molecule has 0 aromatic heterocycles. The number of para-hydroxylation sites is 1. The highest BCUT2D eigenvalue weighted by atomic mass is 19.3. The van der Waals surface area contributed by atoms with E-state index in [1.165, 1.54) is 18.2 Å². The van der Waals surface area contributed by atoms with Crippen molar-refractivity contribution < 1.29 is 27.1 Å². The first-order chi connectivity index (χ1) is 11.4. The van der Waals surface area contributed by atoms with Gasteiger partial charge < -0.3 is 10.1 Å². The Morgan fingerprint density at radius 3 is 2.50 bits per heavy atom. The summed E-state index contributed by atoms with van der Waals surface area (Å²) < 4.78 is 56.0. The van der Waals surface area contributed by atoms with E-state index in [1.807, 2.05) is 0 Å². The third kappa shape index (κ3) is 4.24. The lowest BCUT2D eigenvalue weighted by atomic mass is 10.0. The van der Waals surface area contributed by atoms with Gasteiger partial charge in [-0.25, -0.2) is 8.78 Å². The summed E-state index contributed by atoms with van der Waals surface area (Å²) in [5.41, 5.74) is 0.0123. The third-order valence-electron chi connectivity index (χ3n) is 3.40. The third-order valence-corrected chi connectivity index (χ3v) is 3.40. The van der Waals surface area contributed by atoms with E-state index in [2.05, 4.69) is 10.1 Å². The summed E-state index contributed by atoms with van der Waals surface area (Å²) in [7, 11) is 0. The number of alkyl halides is 2. The van der Waals surface area contributed by atoms with Crippen LogP contribution in [0.15, 0.2) is 42.5 Å². The number of carbonyl (C=O) groups is 1. The summed E-state index contributed by atoms with van der Waals surface area (Å²) in [4.78, 5) is 12.2. The predicted molar refractivity (Wildman–Crippen MR) is 79.9 cm³/mol.